The molecule has 0 fully saturated rings. The Morgan fingerprint density at radius 2 is 1.40 bits per heavy atom. The molecule has 10 rings (SSSR count). The Balaban J connectivity index is 1.15. The number of hydrogen-bond acceptors (Lipinski definition) is 4. The summed E-state index contributed by atoms with van der Waals surface area (Å²) in [4.78, 5) is 5.24. The summed E-state index contributed by atoms with van der Waals surface area (Å²) in [6.45, 7) is 0. The zero-order chi connectivity index (χ0) is 35.1. The van der Waals surface area contributed by atoms with Gasteiger partial charge in [0, 0.05) is 31.7 Å². The molecule has 1 aromatic heterocycles. The van der Waals surface area contributed by atoms with Crippen molar-refractivity contribution in [2.24, 2.45) is 4.99 Å². The summed E-state index contributed by atoms with van der Waals surface area (Å²) in [5.41, 5.74) is 10.3. The van der Waals surface area contributed by atoms with Crippen molar-refractivity contribution in [3.05, 3.63) is 203 Å². The van der Waals surface area contributed by atoms with Crippen molar-refractivity contribution in [1.82, 2.24) is 10.6 Å². The Kier molecular flexibility index (Phi) is 8.20. The van der Waals surface area contributed by atoms with Crippen LogP contribution in [0.1, 0.15) is 65.3 Å². The number of nitrogens with zero attached hydrogens (tertiary/aromatic N) is 1. The molecule has 0 amide bonds. The Morgan fingerprint density at radius 1 is 0.660 bits per heavy atom. The summed E-state index contributed by atoms with van der Waals surface area (Å²) >= 11 is 1.95. The van der Waals surface area contributed by atoms with Gasteiger partial charge in [0.25, 0.3) is 0 Å². The van der Waals surface area contributed by atoms with E-state index < -0.39 is 0 Å². The fourth-order valence-corrected chi connectivity index (χ4v) is 9.80. The summed E-state index contributed by atoms with van der Waals surface area (Å²) in [6.07, 6.45) is 14.2. The molecule has 0 saturated carbocycles. The molecule has 0 spiro atoms. The first-order valence-corrected chi connectivity index (χ1v) is 19.5. The van der Waals surface area contributed by atoms with Gasteiger partial charge in [-0.05, 0) is 75.1 Å². The highest BCUT2D eigenvalue weighted by atomic mass is 32.1. The first-order chi connectivity index (χ1) is 26.3. The van der Waals surface area contributed by atoms with Crippen LogP contribution in [0.4, 0.5) is 0 Å². The van der Waals surface area contributed by atoms with Gasteiger partial charge in [-0.3, -0.25) is 5.32 Å². The average molecular weight is 702 g/mol. The Hall–Kier alpha value is -5.81. The largest absolute Gasteiger partial charge is 0.351 e. The topological polar surface area (TPSA) is 36.4 Å². The molecule has 2 heterocycles. The third-order valence-corrected chi connectivity index (χ3v) is 12.3. The lowest BCUT2D eigenvalue weighted by atomic mass is 9.80. The molecule has 6 aromatic carbocycles. The van der Waals surface area contributed by atoms with Gasteiger partial charge in [0.2, 0.25) is 0 Å². The molecule has 3 atom stereocenters. The molecular formula is C49H39N3S. The number of benzene rings is 6. The molecule has 1 aliphatic heterocycles. The summed E-state index contributed by atoms with van der Waals surface area (Å²) < 4.78 is 2.69. The number of fused-ring (bicyclic) bond motifs is 5. The third kappa shape index (κ3) is 5.94. The molecule has 0 radical (unpaired) electrons. The quantitative estimate of drug-likeness (QED) is 0.181. The predicted octanol–water partition coefficient (Wildman–Crippen LogP) is 12.4. The van der Waals surface area contributed by atoms with Crippen molar-refractivity contribution in [1.29, 1.82) is 0 Å². The standard InChI is InChI=1S/C49H39N3S/c1-5-16-32(17-6-1)37-28-38(33-18-7-2-8-19-33)30-39(29-37)43-31-36-24-13-14-25-40(36)44-41-26-15-27-42(45(41)53-46(43)44)49-51-47(34-20-9-3-10-21-34)50-48(52-49)35-22-11-4-12-23-35/h1-11,13-22,24-29,31,39,47,49,51H,12,23,30H2,(H,50,52). The van der Waals surface area contributed by atoms with Crippen LogP contribution in [0.15, 0.2) is 180 Å². The van der Waals surface area contributed by atoms with E-state index in [1.54, 1.807) is 0 Å². The van der Waals surface area contributed by atoms with Crippen LogP contribution in [-0.4, -0.2) is 5.84 Å². The van der Waals surface area contributed by atoms with Gasteiger partial charge in [-0.2, -0.15) is 0 Å². The zero-order valence-corrected chi connectivity index (χ0v) is 30.2. The molecule has 7 aromatic rings. The minimum Gasteiger partial charge on any atom is -0.351 e. The monoisotopic (exact) mass is 701 g/mol. The normalized spacial score (nSPS) is 20.1. The number of rotatable bonds is 6. The Morgan fingerprint density at radius 3 is 2.19 bits per heavy atom. The van der Waals surface area contributed by atoms with Gasteiger partial charge < -0.3 is 5.32 Å². The number of aliphatic imine (C=N–C) groups is 1. The van der Waals surface area contributed by atoms with Gasteiger partial charge in [0.1, 0.15) is 18.2 Å². The van der Waals surface area contributed by atoms with E-state index in [0.29, 0.717) is 0 Å². The maximum absolute atomic E-state index is 5.24. The summed E-state index contributed by atoms with van der Waals surface area (Å²) in [6, 6.07) is 50.7. The molecule has 53 heavy (non-hydrogen) atoms. The van der Waals surface area contributed by atoms with Crippen molar-refractivity contribution in [2.75, 3.05) is 0 Å². The van der Waals surface area contributed by atoms with Crippen LogP contribution < -0.4 is 10.6 Å². The first-order valence-electron chi connectivity index (χ1n) is 18.7. The van der Waals surface area contributed by atoms with Gasteiger partial charge in [-0.15, -0.1) is 11.3 Å². The van der Waals surface area contributed by atoms with Crippen molar-refractivity contribution in [3.63, 3.8) is 0 Å². The fourth-order valence-electron chi connectivity index (χ4n) is 8.36. The number of nitrogens with one attached hydrogen (secondary N) is 2. The highest BCUT2D eigenvalue weighted by molar-refractivity contribution is 7.26. The highest BCUT2D eigenvalue weighted by Crippen LogP contribution is 2.48. The van der Waals surface area contributed by atoms with Crippen molar-refractivity contribution in [2.45, 2.75) is 37.5 Å². The van der Waals surface area contributed by atoms with Crippen molar-refractivity contribution >= 4 is 59.3 Å². The minimum atomic E-state index is -0.155. The SMILES string of the molecule is C1=CCCC(C2=NC(c3ccccc3)NC(c3cccc4c3sc3c(C5C=C(c6ccccc6)C=C(c6ccccc6)C5)cc5ccccc5c34)N2)=C1. The zero-order valence-electron chi connectivity index (χ0n) is 29.4. The highest BCUT2D eigenvalue weighted by Gasteiger charge is 2.29. The number of amidine groups is 1. The molecule has 256 valence electrons. The van der Waals surface area contributed by atoms with Gasteiger partial charge >= 0.3 is 0 Å². The third-order valence-electron chi connectivity index (χ3n) is 11.0. The van der Waals surface area contributed by atoms with E-state index in [-0.39, 0.29) is 18.2 Å². The van der Waals surface area contributed by atoms with Crippen LogP contribution in [0, 0.1) is 0 Å². The second-order valence-electron chi connectivity index (χ2n) is 14.2. The van der Waals surface area contributed by atoms with Crippen molar-refractivity contribution in [3.8, 4) is 0 Å². The lowest BCUT2D eigenvalue weighted by Gasteiger charge is -2.33. The van der Waals surface area contributed by atoms with Crippen LogP contribution >= 0.6 is 11.3 Å². The van der Waals surface area contributed by atoms with E-state index in [4.69, 9.17) is 4.99 Å². The van der Waals surface area contributed by atoms with E-state index in [1.807, 2.05) is 11.3 Å². The van der Waals surface area contributed by atoms with Gasteiger partial charge in [-0.1, -0.05) is 164 Å². The summed E-state index contributed by atoms with van der Waals surface area (Å²) in [5.74, 6) is 1.20. The van der Waals surface area contributed by atoms with E-state index in [0.717, 1.165) is 25.1 Å². The van der Waals surface area contributed by atoms with Crippen LogP contribution in [0.3, 0.4) is 0 Å². The Labute approximate surface area is 314 Å². The van der Waals surface area contributed by atoms with Crippen molar-refractivity contribution < 1.29 is 0 Å². The maximum atomic E-state index is 5.24. The molecule has 3 aliphatic rings. The molecule has 2 N–H and O–H groups in total. The second-order valence-corrected chi connectivity index (χ2v) is 15.3. The van der Waals surface area contributed by atoms with Crippen LogP contribution in [0.25, 0.3) is 42.1 Å². The maximum Gasteiger partial charge on any atom is 0.129 e. The second kappa shape index (κ2) is 13.6. The molecule has 0 bridgehead atoms. The van der Waals surface area contributed by atoms with Crippen LogP contribution in [0.5, 0.6) is 0 Å². The van der Waals surface area contributed by atoms with Gasteiger partial charge in [0.05, 0.1) is 0 Å². The molecular weight excluding hydrogens is 663 g/mol. The molecule has 0 saturated heterocycles. The van der Waals surface area contributed by atoms with E-state index in [1.165, 1.54) is 75.5 Å². The minimum absolute atomic E-state index is 0.113. The molecule has 2 aliphatic carbocycles. The summed E-state index contributed by atoms with van der Waals surface area (Å²) in [7, 11) is 0. The lowest BCUT2D eigenvalue weighted by Crippen LogP contribution is -2.45. The number of allylic oxidation sites excluding steroid dienone is 7. The van der Waals surface area contributed by atoms with E-state index in [2.05, 4.69) is 181 Å². The van der Waals surface area contributed by atoms with Crippen LogP contribution in [-0.2, 0) is 0 Å². The molecule has 3 unspecified atom stereocenters. The Bertz CT molecular complexity index is 2650. The van der Waals surface area contributed by atoms with E-state index in [9.17, 15) is 0 Å². The first kappa shape index (κ1) is 31.9. The predicted molar refractivity (Wildman–Crippen MR) is 225 cm³/mol. The van der Waals surface area contributed by atoms with E-state index >= 15 is 0 Å². The molecule has 3 nitrogen and oxygen atoms in total. The molecule has 4 heteroatoms. The number of hydrogen-bond donors (Lipinski definition) is 2. The average Bonchev–Trinajstić information content (AvgIpc) is 3.65. The number of thiophene rings is 1. The van der Waals surface area contributed by atoms with Crippen LogP contribution in [0.2, 0.25) is 0 Å². The smallest absolute Gasteiger partial charge is 0.129 e. The summed E-state index contributed by atoms with van der Waals surface area (Å²) in [5, 5.41) is 13.0. The van der Waals surface area contributed by atoms with Gasteiger partial charge in [-0.25, -0.2) is 4.99 Å². The fraction of sp³-hybridized carbons (Fsp3) is 0.122. The lowest BCUT2D eigenvalue weighted by molar-refractivity contribution is 0.410. The van der Waals surface area contributed by atoms with Gasteiger partial charge in [0.15, 0.2) is 0 Å².